The van der Waals surface area contributed by atoms with Crippen LogP contribution in [0.2, 0.25) is 0 Å². The van der Waals surface area contributed by atoms with Crippen LogP contribution < -0.4 is 10.1 Å². The van der Waals surface area contributed by atoms with E-state index in [1.807, 2.05) is 25.1 Å². The smallest absolute Gasteiger partial charge is 0.125 e. The second-order valence-corrected chi connectivity index (χ2v) is 6.15. The minimum atomic E-state index is 0.651. The van der Waals surface area contributed by atoms with Crippen molar-refractivity contribution in [2.24, 2.45) is 5.16 Å². The number of rotatable bonds is 9. The molecule has 4 nitrogen and oxygen atoms in total. The zero-order valence-corrected chi connectivity index (χ0v) is 16.1. The van der Waals surface area contributed by atoms with Crippen LogP contribution in [0.15, 0.2) is 53.7 Å². The summed E-state index contributed by atoms with van der Waals surface area (Å²) in [4.78, 5) is 4.69. The molecule has 2 aromatic carbocycles. The topological polar surface area (TPSA) is 42.8 Å². The third-order valence-electron chi connectivity index (χ3n) is 4.04. The fourth-order valence-corrected chi connectivity index (χ4v) is 2.73. The zero-order valence-electron chi connectivity index (χ0n) is 16.1. The molecule has 0 aliphatic carbocycles. The van der Waals surface area contributed by atoms with Crippen molar-refractivity contribution < 1.29 is 9.57 Å². The maximum atomic E-state index is 6.06. The Bertz CT molecular complexity index is 726. The molecule has 2 rings (SSSR count). The van der Waals surface area contributed by atoms with Gasteiger partial charge in [0.15, 0.2) is 0 Å². The molecule has 0 bridgehead atoms. The van der Waals surface area contributed by atoms with E-state index < -0.39 is 0 Å². The van der Waals surface area contributed by atoms with Crippen molar-refractivity contribution in [1.82, 2.24) is 0 Å². The van der Waals surface area contributed by atoms with E-state index in [1.54, 1.807) is 6.21 Å². The summed E-state index contributed by atoms with van der Waals surface area (Å²) in [6.45, 7) is 7.69. The molecule has 0 aromatic heterocycles. The fraction of sp³-hybridized carbons (Fsp3) is 0.318. The van der Waals surface area contributed by atoms with Crippen molar-refractivity contribution in [3.8, 4) is 5.75 Å². The second-order valence-electron chi connectivity index (χ2n) is 6.15. The molecule has 0 radical (unpaired) electrons. The van der Waals surface area contributed by atoms with Crippen LogP contribution in [0.1, 0.15) is 29.2 Å². The van der Waals surface area contributed by atoms with E-state index in [2.05, 4.69) is 59.5 Å². The minimum absolute atomic E-state index is 0.651. The van der Waals surface area contributed by atoms with Crippen LogP contribution in [0.3, 0.4) is 0 Å². The minimum Gasteiger partial charge on any atom is -0.493 e. The van der Waals surface area contributed by atoms with Gasteiger partial charge in [-0.3, -0.25) is 0 Å². The van der Waals surface area contributed by atoms with Gasteiger partial charge in [-0.25, -0.2) is 0 Å². The standard InChI is InChI=1S/C22H28N2O2/c1-5-6-12-23-21-14-17(2)22(18(3)15-21)26-13-11-19-7-9-20(10-8-19)16-24-25-4/h5-10,14-16,23H,11-13H2,1-4H3/b6-5+,24-16+. The van der Waals surface area contributed by atoms with Crippen molar-refractivity contribution in [1.29, 1.82) is 0 Å². The molecular formula is C22H28N2O2. The summed E-state index contributed by atoms with van der Waals surface area (Å²) in [6.07, 6.45) is 6.70. The molecule has 0 spiro atoms. The first-order valence-electron chi connectivity index (χ1n) is 8.88. The van der Waals surface area contributed by atoms with Gasteiger partial charge in [0.2, 0.25) is 0 Å². The first-order valence-corrected chi connectivity index (χ1v) is 8.88. The molecule has 0 unspecified atom stereocenters. The van der Waals surface area contributed by atoms with Crippen LogP contribution in [0, 0.1) is 13.8 Å². The lowest BCUT2D eigenvalue weighted by molar-refractivity contribution is 0.215. The molecule has 1 N–H and O–H groups in total. The van der Waals surface area contributed by atoms with E-state index in [1.165, 1.54) is 12.7 Å². The molecule has 0 saturated carbocycles. The Hall–Kier alpha value is -2.75. The average molecular weight is 352 g/mol. The lowest BCUT2D eigenvalue weighted by Crippen LogP contribution is -2.05. The summed E-state index contributed by atoms with van der Waals surface area (Å²) < 4.78 is 6.06. The fourth-order valence-electron chi connectivity index (χ4n) is 2.73. The lowest BCUT2D eigenvalue weighted by Gasteiger charge is -2.15. The zero-order chi connectivity index (χ0) is 18.8. The molecule has 2 aromatic rings. The van der Waals surface area contributed by atoms with Gasteiger partial charge in [-0.1, -0.05) is 41.6 Å². The van der Waals surface area contributed by atoms with E-state index >= 15 is 0 Å². The highest BCUT2D eigenvalue weighted by molar-refractivity contribution is 5.79. The third-order valence-corrected chi connectivity index (χ3v) is 4.04. The first-order chi connectivity index (χ1) is 12.6. The van der Waals surface area contributed by atoms with Crippen molar-refractivity contribution >= 4 is 11.9 Å². The summed E-state index contributed by atoms with van der Waals surface area (Å²) in [5, 5.41) is 7.16. The molecule has 0 aliphatic rings. The van der Waals surface area contributed by atoms with E-state index in [-0.39, 0.29) is 0 Å². The molecule has 0 atom stereocenters. The molecule has 138 valence electrons. The van der Waals surface area contributed by atoms with Crippen LogP contribution in [0.5, 0.6) is 5.75 Å². The number of allylic oxidation sites excluding steroid dienone is 1. The Morgan fingerprint density at radius 2 is 1.77 bits per heavy atom. The van der Waals surface area contributed by atoms with Crippen LogP contribution in [-0.4, -0.2) is 26.5 Å². The van der Waals surface area contributed by atoms with E-state index in [0.29, 0.717) is 6.61 Å². The van der Waals surface area contributed by atoms with Gasteiger partial charge in [-0.05, 0) is 55.2 Å². The Labute approximate surface area is 156 Å². The summed E-state index contributed by atoms with van der Waals surface area (Å²) in [7, 11) is 1.54. The number of benzene rings is 2. The second kappa shape index (κ2) is 10.3. The number of hydrogen-bond acceptors (Lipinski definition) is 4. The van der Waals surface area contributed by atoms with Crippen molar-refractivity contribution in [3.63, 3.8) is 0 Å². The first kappa shape index (κ1) is 19.6. The number of aryl methyl sites for hydroxylation is 2. The SMILES string of the molecule is C/C=C/CNc1cc(C)c(OCCc2ccc(/C=N/OC)cc2)c(C)c1. The molecule has 0 fully saturated rings. The highest BCUT2D eigenvalue weighted by Crippen LogP contribution is 2.27. The van der Waals surface area contributed by atoms with Crippen LogP contribution in [0.25, 0.3) is 0 Å². The monoisotopic (exact) mass is 352 g/mol. The Morgan fingerprint density at radius 3 is 2.38 bits per heavy atom. The summed E-state index contributed by atoms with van der Waals surface area (Å²) in [6, 6.07) is 12.5. The Balaban J connectivity index is 1.91. The van der Waals surface area contributed by atoms with Crippen molar-refractivity contribution in [3.05, 3.63) is 70.8 Å². The van der Waals surface area contributed by atoms with Gasteiger partial charge < -0.3 is 14.9 Å². The number of anilines is 1. The molecule has 0 amide bonds. The number of nitrogens with one attached hydrogen (secondary N) is 1. The molecule has 0 aliphatic heterocycles. The van der Waals surface area contributed by atoms with E-state index in [4.69, 9.17) is 4.74 Å². The van der Waals surface area contributed by atoms with Crippen LogP contribution >= 0.6 is 0 Å². The lowest BCUT2D eigenvalue weighted by atomic mass is 10.1. The highest BCUT2D eigenvalue weighted by Gasteiger charge is 2.06. The van der Waals surface area contributed by atoms with Crippen LogP contribution in [0.4, 0.5) is 5.69 Å². The largest absolute Gasteiger partial charge is 0.493 e. The number of hydrogen-bond donors (Lipinski definition) is 1. The maximum Gasteiger partial charge on any atom is 0.125 e. The van der Waals surface area contributed by atoms with E-state index in [0.717, 1.165) is 41.1 Å². The van der Waals surface area contributed by atoms with E-state index in [9.17, 15) is 0 Å². The summed E-state index contributed by atoms with van der Waals surface area (Å²) >= 11 is 0. The molecule has 4 heteroatoms. The maximum absolute atomic E-state index is 6.06. The molecule has 0 heterocycles. The van der Waals surface area contributed by atoms with Crippen LogP contribution in [-0.2, 0) is 11.3 Å². The van der Waals surface area contributed by atoms with Gasteiger partial charge in [-0.2, -0.15) is 0 Å². The average Bonchev–Trinajstić information content (AvgIpc) is 2.63. The Kier molecular flexibility index (Phi) is 7.75. The van der Waals surface area contributed by atoms with Crippen molar-refractivity contribution in [2.75, 3.05) is 25.6 Å². The number of oxime groups is 1. The highest BCUT2D eigenvalue weighted by atomic mass is 16.6. The quantitative estimate of drug-likeness (QED) is 0.397. The molecular weight excluding hydrogens is 324 g/mol. The van der Waals surface area contributed by atoms with Gasteiger partial charge in [0.1, 0.15) is 12.9 Å². The summed E-state index contributed by atoms with van der Waals surface area (Å²) in [5.41, 5.74) is 5.68. The molecule has 26 heavy (non-hydrogen) atoms. The van der Waals surface area contributed by atoms with Gasteiger partial charge in [-0.15, -0.1) is 0 Å². The normalized spacial score (nSPS) is 11.2. The Morgan fingerprint density at radius 1 is 1.08 bits per heavy atom. The number of ether oxygens (including phenoxy) is 1. The van der Waals surface area contributed by atoms with Gasteiger partial charge >= 0.3 is 0 Å². The predicted octanol–water partition coefficient (Wildman–Crippen LogP) is 4.89. The predicted molar refractivity (Wildman–Crippen MR) is 109 cm³/mol. The third kappa shape index (κ3) is 5.96. The van der Waals surface area contributed by atoms with Gasteiger partial charge in [0.05, 0.1) is 12.8 Å². The summed E-state index contributed by atoms with van der Waals surface area (Å²) in [5.74, 6) is 0.977. The molecule has 0 saturated heterocycles. The number of nitrogens with zero attached hydrogens (tertiary/aromatic N) is 1. The van der Waals surface area contributed by atoms with Gasteiger partial charge in [0, 0.05) is 18.7 Å². The van der Waals surface area contributed by atoms with Crippen molar-refractivity contribution in [2.45, 2.75) is 27.2 Å². The van der Waals surface area contributed by atoms with Gasteiger partial charge in [0.25, 0.3) is 0 Å².